The summed E-state index contributed by atoms with van der Waals surface area (Å²) in [5, 5.41) is 2.19. The molecule has 218 valence electrons. The van der Waals surface area contributed by atoms with Crippen molar-refractivity contribution in [3.63, 3.8) is 0 Å². The predicted molar refractivity (Wildman–Crippen MR) is 161 cm³/mol. The van der Waals surface area contributed by atoms with E-state index in [1.54, 1.807) is 0 Å². The van der Waals surface area contributed by atoms with Gasteiger partial charge in [-0.15, -0.1) is 11.8 Å². The third kappa shape index (κ3) is 19.5. The molecule has 0 aliphatic carbocycles. The summed E-state index contributed by atoms with van der Waals surface area (Å²) < 4.78 is 17.8. The molecule has 0 radical (unpaired) electrons. The van der Waals surface area contributed by atoms with Gasteiger partial charge in [-0.3, -0.25) is 0 Å². The Hall–Kier alpha value is -0.230. The number of thioether (sulfide) groups is 1. The number of hydrogen-bond acceptors (Lipinski definition) is 5. The van der Waals surface area contributed by atoms with Gasteiger partial charge in [0.15, 0.2) is 0 Å². The molecule has 0 bridgehead atoms. The maximum absolute atomic E-state index is 5.93. The lowest BCUT2D eigenvalue weighted by atomic mass is 10.0. The topological polar surface area (TPSA) is 30.9 Å². The van der Waals surface area contributed by atoms with Crippen LogP contribution in [0.1, 0.15) is 135 Å². The average Bonchev–Trinajstić information content (AvgIpc) is 3.60. The van der Waals surface area contributed by atoms with E-state index in [1.165, 1.54) is 129 Å². The van der Waals surface area contributed by atoms with Gasteiger partial charge in [0.05, 0.1) is 31.8 Å². The lowest BCUT2D eigenvalue weighted by Gasteiger charge is -2.14. The van der Waals surface area contributed by atoms with Gasteiger partial charge in [-0.05, 0) is 37.5 Å². The molecule has 37 heavy (non-hydrogen) atoms. The number of nitrogens with zero attached hydrogens (tertiary/aromatic N) is 1. The number of ether oxygens (including phenoxy) is 3. The minimum Gasteiger partial charge on any atom is -0.381 e. The molecule has 0 saturated carbocycles. The lowest BCUT2D eigenvalue weighted by molar-refractivity contribution is 0.0141. The summed E-state index contributed by atoms with van der Waals surface area (Å²) in [5.41, 5.74) is 0. The van der Waals surface area contributed by atoms with Gasteiger partial charge >= 0.3 is 0 Å². The second-order valence-corrected chi connectivity index (χ2v) is 12.3. The highest BCUT2D eigenvalue weighted by molar-refractivity contribution is 8.02. The van der Waals surface area contributed by atoms with Gasteiger partial charge in [0, 0.05) is 31.9 Å². The maximum atomic E-state index is 5.93. The van der Waals surface area contributed by atoms with Crippen molar-refractivity contribution in [2.45, 2.75) is 141 Å². The Kier molecular flexibility index (Phi) is 22.1. The highest BCUT2D eigenvalue weighted by Gasteiger charge is 2.25. The van der Waals surface area contributed by atoms with Gasteiger partial charge in [0.1, 0.15) is 0 Å². The van der Waals surface area contributed by atoms with Crippen LogP contribution in [0.4, 0.5) is 0 Å². The standard InChI is InChI=1S/C32H61NO3S/c1-2-3-4-5-6-7-8-9-10-11-12-13-14-15-16-19-24-35-29-32-26-31(28-36-32)27-34-23-20-17-18-21-33-22-25-37-30-33/h22,25,31-32H,2-21,23-24,26-30H2,1H3. The molecular formula is C32H61NO3S. The van der Waals surface area contributed by atoms with E-state index >= 15 is 0 Å². The second kappa shape index (κ2) is 24.8. The molecule has 2 heterocycles. The minimum atomic E-state index is 0.279. The predicted octanol–water partition coefficient (Wildman–Crippen LogP) is 9.33. The maximum Gasteiger partial charge on any atom is 0.0813 e. The van der Waals surface area contributed by atoms with E-state index in [9.17, 15) is 0 Å². The van der Waals surface area contributed by atoms with Crippen LogP contribution in [-0.4, -0.2) is 56.5 Å². The Bertz CT molecular complexity index is 518. The molecule has 1 fully saturated rings. The fourth-order valence-electron chi connectivity index (χ4n) is 5.38. The molecule has 0 amide bonds. The van der Waals surface area contributed by atoms with E-state index in [0.29, 0.717) is 5.92 Å². The fourth-order valence-corrected chi connectivity index (χ4v) is 6.13. The normalized spacial score (nSPS) is 19.4. The molecule has 2 atom stereocenters. The van der Waals surface area contributed by atoms with Gasteiger partial charge < -0.3 is 19.1 Å². The van der Waals surface area contributed by atoms with Crippen LogP contribution in [0.15, 0.2) is 11.6 Å². The van der Waals surface area contributed by atoms with Gasteiger partial charge in [0.2, 0.25) is 0 Å². The van der Waals surface area contributed by atoms with Crippen molar-refractivity contribution in [3.8, 4) is 0 Å². The lowest BCUT2D eigenvalue weighted by Crippen LogP contribution is -2.16. The van der Waals surface area contributed by atoms with Crippen molar-refractivity contribution >= 4 is 11.8 Å². The van der Waals surface area contributed by atoms with E-state index < -0.39 is 0 Å². The van der Waals surface area contributed by atoms with Crippen LogP contribution in [0.25, 0.3) is 0 Å². The molecule has 0 aromatic heterocycles. The monoisotopic (exact) mass is 539 g/mol. The fraction of sp³-hybridized carbons (Fsp3) is 0.938. The van der Waals surface area contributed by atoms with Crippen LogP contribution < -0.4 is 0 Å². The van der Waals surface area contributed by atoms with Crippen LogP contribution in [0.2, 0.25) is 0 Å². The zero-order valence-corrected chi connectivity index (χ0v) is 25.3. The first kappa shape index (κ1) is 33.0. The van der Waals surface area contributed by atoms with E-state index in [-0.39, 0.29) is 6.10 Å². The Morgan fingerprint density at radius 3 is 1.81 bits per heavy atom. The van der Waals surface area contributed by atoms with Crippen LogP contribution in [0.5, 0.6) is 0 Å². The van der Waals surface area contributed by atoms with Gasteiger partial charge in [-0.25, -0.2) is 0 Å². The molecule has 0 N–H and O–H groups in total. The zero-order chi connectivity index (χ0) is 26.1. The second-order valence-electron chi connectivity index (χ2n) is 11.5. The highest BCUT2D eigenvalue weighted by Crippen LogP contribution is 2.21. The molecule has 0 aromatic carbocycles. The van der Waals surface area contributed by atoms with E-state index in [0.717, 1.165) is 45.3 Å². The first-order chi connectivity index (χ1) is 18.4. The Balaban J connectivity index is 1.23. The summed E-state index contributed by atoms with van der Waals surface area (Å²) >= 11 is 1.88. The summed E-state index contributed by atoms with van der Waals surface area (Å²) in [5.74, 6) is 1.68. The molecule has 4 nitrogen and oxygen atoms in total. The summed E-state index contributed by atoms with van der Waals surface area (Å²) in [7, 11) is 0. The Morgan fingerprint density at radius 2 is 1.24 bits per heavy atom. The molecule has 2 aliphatic rings. The van der Waals surface area contributed by atoms with E-state index in [1.807, 2.05) is 11.8 Å². The zero-order valence-electron chi connectivity index (χ0n) is 24.5. The van der Waals surface area contributed by atoms with Crippen molar-refractivity contribution in [1.82, 2.24) is 4.90 Å². The summed E-state index contributed by atoms with van der Waals surface area (Å²) in [4.78, 5) is 2.39. The minimum absolute atomic E-state index is 0.279. The molecule has 2 aliphatic heterocycles. The molecule has 0 aromatic rings. The van der Waals surface area contributed by atoms with E-state index in [4.69, 9.17) is 14.2 Å². The first-order valence-corrected chi connectivity index (χ1v) is 17.2. The van der Waals surface area contributed by atoms with Crippen LogP contribution in [-0.2, 0) is 14.2 Å². The third-order valence-corrected chi connectivity index (χ3v) is 8.60. The Labute approximate surface area is 235 Å². The smallest absolute Gasteiger partial charge is 0.0813 e. The molecular weight excluding hydrogens is 478 g/mol. The van der Waals surface area contributed by atoms with Crippen molar-refractivity contribution in [3.05, 3.63) is 11.6 Å². The van der Waals surface area contributed by atoms with Crippen molar-refractivity contribution in [2.75, 3.05) is 45.5 Å². The SMILES string of the molecule is CCCCCCCCCCCCCCCCCCOCC1CC(COCCCCCN2C=CSC2)CO1. The van der Waals surface area contributed by atoms with Gasteiger partial charge in [0.25, 0.3) is 0 Å². The molecule has 0 spiro atoms. The number of hydrogen-bond donors (Lipinski definition) is 0. The molecule has 5 heteroatoms. The van der Waals surface area contributed by atoms with Crippen molar-refractivity contribution < 1.29 is 14.2 Å². The van der Waals surface area contributed by atoms with Crippen LogP contribution in [0, 0.1) is 5.92 Å². The molecule has 2 unspecified atom stereocenters. The van der Waals surface area contributed by atoms with Crippen molar-refractivity contribution in [2.24, 2.45) is 5.92 Å². The summed E-state index contributed by atoms with van der Waals surface area (Å²) in [6.45, 7) is 7.71. The largest absolute Gasteiger partial charge is 0.381 e. The summed E-state index contributed by atoms with van der Waals surface area (Å²) in [6, 6.07) is 0. The first-order valence-electron chi connectivity index (χ1n) is 16.2. The average molecular weight is 540 g/mol. The van der Waals surface area contributed by atoms with Crippen LogP contribution >= 0.6 is 11.8 Å². The Morgan fingerprint density at radius 1 is 0.703 bits per heavy atom. The van der Waals surface area contributed by atoms with Gasteiger partial charge in [-0.1, -0.05) is 103 Å². The van der Waals surface area contributed by atoms with Crippen molar-refractivity contribution in [1.29, 1.82) is 0 Å². The number of rotatable bonds is 27. The molecule has 1 saturated heterocycles. The summed E-state index contributed by atoms with van der Waals surface area (Å²) in [6.07, 6.45) is 29.9. The third-order valence-electron chi connectivity index (χ3n) is 7.81. The highest BCUT2D eigenvalue weighted by atomic mass is 32.2. The molecule has 2 rings (SSSR count). The quantitative estimate of drug-likeness (QED) is 0.0971. The van der Waals surface area contributed by atoms with E-state index in [2.05, 4.69) is 23.4 Å². The van der Waals surface area contributed by atoms with Gasteiger partial charge in [-0.2, -0.15) is 0 Å². The van der Waals surface area contributed by atoms with Crippen LogP contribution in [0.3, 0.4) is 0 Å². The number of unbranched alkanes of at least 4 members (excludes halogenated alkanes) is 17.